The van der Waals surface area contributed by atoms with E-state index >= 15 is 0 Å². The molecule has 0 spiro atoms. The Kier molecular flexibility index (Phi) is 9.55. The summed E-state index contributed by atoms with van der Waals surface area (Å²) in [7, 11) is 0. The van der Waals surface area contributed by atoms with Crippen LogP contribution in [0.5, 0.6) is 0 Å². The number of benzene rings is 1. The summed E-state index contributed by atoms with van der Waals surface area (Å²) >= 11 is 0. The summed E-state index contributed by atoms with van der Waals surface area (Å²) in [6, 6.07) is 6.19. The molecule has 0 fully saturated rings. The second kappa shape index (κ2) is 12.3. The molecule has 178 valence electrons. The fraction of sp³-hybridized carbons (Fsp3) is 0.409. The maximum absolute atomic E-state index is 13.1. The molecule has 1 heterocycles. The highest BCUT2D eigenvalue weighted by atomic mass is 16.4. The molecule has 2 rings (SSSR count). The Morgan fingerprint density at radius 1 is 1.03 bits per heavy atom. The molecule has 0 aliphatic heterocycles. The number of imidazole rings is 1. The minimum absolute atomic E-state index is 0.177. The van der Waals surface area contributed by atoms with E-state index in [2.05, 4.69) is 25.9 Å². The van der Waals surface area contributed by atoms with E-state index in [1.165, 1.54) is 6.33 Å². The molecule has 3 unspecified atom stereocenters. The molecule has 33 heavy (non-hydrogen) atoms. The van der Waals surface area contributed by atoms with Crippen molar-refractivity contribution in [3.8, 4) is 0 Å². The van der Waals surface area contributed by atoms with Crippen LogP contribution in [0.4, 0.5) is 0 Å². The van der Waals surface area contributed by atoms with Gasteiger partial charge in [0.05, 0.1) is 12.4 Å². The number of nitrogens with one attached hydrogen (secondary N) is 4. The standard InChI is InChI=1S/C22H30N6O5/c1-13(2)19(22(33)25-11-18(29)30)28-21(32)17(8-14-6-4-3-5-7-14)27-20(31)16(23)9-15-10-24-12-26-15/h3-7,10,12-13,16-17,19H,8-9,11,23H2,1-2H3,(H,24,26)(H,25,33)(H,27,31)(H,28,32)(H,29,30). The maximum atomic E-state index is 13.1. The van der Waals surface area contributed by atoms with Gasteiger partial charge in [0.1, 0.15) is 18.6 Å². The quantitative estimate of drug-likeness (QED) is 0.244. The molecule has 0 aliphatic rings. The summed E-state index contributed by atoms with van der Waals surface area (Å²) < 4.78 is 0. The smallest absolute Gasteiger partial charge is 0.322 e. The molecule has 1 aromatic heterocycles. The van der Waals surface area contributed by atoms with Crippen LogP contribution in [0.15, 0.2) is 42.9 Å². The van der Waals surface area contributed by atoms with E-state index in [1.807, 2.05) is 30.3 Å². The van der Waals surface area contributed by atoms with Crippen molar-refractivity contribution in [1.29, 1.82) is 0 Å². The number of carbonyl (C=O) groups is 4. The summed E-state index contributed by atoms with van der Waals surface area (Å²) in [5.41, 5.74) is 7.48. The number of amides is 3. The van der Waals surface area contributed by atoms with Gasteiger partial charge in [-0.05, 0) is 11.5 Å². The fourth-order valence-electron chi connectivity index (χ4n) is 3.13. The van der Waals surface area contributed by atoms with Gasteiger partial charge in [-0.15, -0.1) is 0 Å². The number of carbonyl (C=O) groups excluding carboxylic acids is 3. The van der Waals surface area contributed by atoms with Crippen LogP contribution in [0.3, 0.4) is 0 Å². The van der Waals surface area contributed by atoms with E-state index in [0.29, 0.717) is 5.69 Å². The topological polar surface area (TPSA) is 179 Å². The van der Waals surface area contributed by atoms with Gasteiger partial charge in [-0.25, -0.2) is 4.98 Å². The molecular weight excluding hydrogens is 428 g/mol. The highest BCUT2D eigenvalue weighted by molar-refractivity contribution is 5.94. The Morgan fingerprint density at radius 3 is 2.30 bits per heavy atom. The summed E-state index contributed by atoms with van der Waals surface area (Å²) in [6.45, 7) is 2.87. The number of aliphatic carboxylic acids is 1. The van der Waals surface area contributed by atoms with Crippen molar-refractivity contribution < 1.29 is 24.3 Å². The number of nitrogens with two attached hydrogens (primary N) is 1. The van der Waals surface area contributed by atoms with E-state index < -0.39 is 48.4 Å². The van der Waals surface area contributed by atoms with Crippen molar-refractivity contribution in [2.24, 2.45) is 11.7 Å². The van der Waals surface area contributed by atoms with E-state index in [0.717, 1.165) is 5.56 Å². The second-order valence-electron chi connectivity index (χ2n) is 7.98. The van der Waals surface area contributed by atoms with Gasteiger partial charge in [0.15, 0.2) is 0 Å². The Bertz CT molecular complexity index is 932. The van der Waals surface area contributed by atoms with E-state index in [-0.39, 0.29) is 18.8 Å². The zero-order valence-electron chi connectivity index (χ0n) is 18.6. The lowest BCUT2D eigenvalue weighted by Gasteiger charge is -2.26. The van der Waals surface area contributed by atoms with E-state index in [4.69, 9.17) is 10.8 Å². The molecule has 3 amide bonds. The first-order chi connectivity index (χ1) is 15.7. The van der Waals surface area contributed by atoms with Gasteiger partial charge >= 0.3 is 5.97 Å². The van der Waals surface area contributed by atoms with Gasteiger partial charge in [-0.3, -0.25) is 19.2 Å². The molecule has 11 nitrogen and oxygen atoms in total. The minimum atomic E-state index is -1.20. The zero-order valence-corrected chi connectivity index (χ0v) is 18.6. The molecule has 3 atom stereocenters. The van der Waals surface area contributed by atoms with Crippen LogP contribution in [0.1, 0.15) is 25.1 Å². The Balaban J connectivity index is 2.13. The molecular formula is C22H30N6O5. The van der Waals surface area contributed by atoms with Gasteiger partial charge in [-0.2, -0.15) is 0 Å². The van der Waals surface area contributed by atoms with E-state index in [1.54, 1.807) is 20.0 Å². The number of hydrogen-bond donors (Lipinski definition) is 6. The normalized spacial score (nSPS) is 13.6. The lowest BCUT2D eigenvalue weighted by molar-refractivity contribution is -0.139. The van der Waals surface area contributed by atoms with Crippen molar-refractivity contribution in [1.82, 2.24) is 25.9 Å². The number of aromatic nitrogens is 2. The van der Waals surface area contributed by atoms with Crippen LogP contribution in [0.25, 0.3) is 0 Å². The molecule has 11 heteroatoms. The predicted octanol–water partition coefficient (Wildman–Crippen LogP) is -0.651. The summed E-state index contributed by atoms with van der Waals surface area (Å²) in [6.07, 6.45) is 3.42. The number of carboxylic acid groups (broad SMARTS) is 1. The lowest BCUT2D eigenvalue weighted by Crippen LogP contribution is -2.58. The van der Waals surface area contributed by atoms with Crippen LogP contribution in [0.2, 0.25) is 0 Å². The highest BCUT2D eigenvalue weighted by Crippen LogP contribution is 2.07. The van der Waals surface area contributed by atoms with Crippen LogP contribution >= 0.6 is 0 Å². The largest absolute Gasteiger partial charge is 0.480 e. The molecule has 0 bridgehead atoms. The first-order valence-electron chi connectivity index (χ1n) is 10.5. The molecule has 0 radical (unpaired) electrons. The Labute approximate surface area is 191 Å². The highest BCUT2D eigenvalue weighted by Gasteiger charge is 2.30. The molecule has 1 aromatic carbocycles. The van der Waals surface area contributed by atoms with Crippen LogP contribution < -0.4 is 21.7 Å². The Hall–Kier alpha value is -3.73. The monoisotopic (exact) mass is 458 g/mol. The summed E-state index contributed by atoms with van der Waals surface area (Å²) in [5.74, 6) is -3.25. The Morgan fingerprint density at radius 2 is 1.73 bits per heavy atom. The first-order valence-corrected chi connectivity index (χ1v) is 10.5. The summed E-state index contributed by atoms with van der Waals surface area (Å²) in [4.78, 5) is 55.7. The predicted molar refractivity (Wildman–Crippen MR) is 120 cm³/mol. The fourth-order valence-corrected chi connectivity index (χ4v) is 3.13. The average Bonchev–Trinajstić information content (AvgIpc) is 3.28. The van der Waals surface area contributed by atoms with Gasteiger partial charge in [0.25, 0.3) is 0 Å². The van der Waals surface area contributed by atoms with Gasteiger partial charge in [0.2, 0.25) is 17.7 Å². The van der Waals surface area contributed by atoms with Gasteiger partial charge in [-0.1, -0.05) is 44.2 Å². The lowest BCUT2D eigenvalue weighted by atomic mass is 10.0. The van der Waals surface area contributed by atoms with Crippen molar-refractivity contribution in [3.05, 3.63) is 54.1 Å². The number of rotatable bonds is 12. The third-order valence-electron chi connectivity index (χ3n) is 4.91. The second-order valence-corrected chi connectivity index (χ2v) is 7.98. The van der Waals surface area contributed by atoms with Crippen LogP contribution in [0, 0.1) is 5.92 Å². The first kappa shape index (κ1) is 25.5. The van der Waals surface area contributed by atoms with Gasteiger partial charge < -0.3 is 31.8 Å². The maximum Gasteiger partial charge on any atom is 0.322 e. The van der Waals surface area contributed by atoms with Crippen molar-refractivity contribution in [2.45, 2.75) is 44.8 Å². The third-order valence-corrected chi connectivity index (χ3v) is 4.91. The number of nitrogens with zero attached hydrogens (tertiary/aromatic N) is 1. The van der Waals surface area contributed by atoms with Crippen molar-refractivity contribution >= 4 is 23.7 Å². The van der Waals surface area contributed by atoms with Crippen LogP contribution in [-0.4, -0.2) is 63.4 Å². The number of aromatic amines is 1. The van der Waals surface area contributed by atoms with E-state index in [9.17, 15) is 19.2 Å². The average molecular weight is 459 g/mol. The van der Waals surface area contributed by atoms with Crippen molar-refractivity contribution in [2.75, 3.05) is 6.54 Å². The van der Waals surface area contributed by atoms with Crippen LogP contribution in [-0.2, 0) is 32.0 Å². The number of H-pyrrole nitrogens is 1. The van der Waals surface area contributed by atoms with Crippen molar-refractivity contribution in [3.63, 3.8) is 0 Å². The molecule has 7 N–H and O–H groups in total. The SMILES string of the molecule is CC(C)C(NC(=O)C(Cc1ccccc1)NC(=O)C(N)Cc1cnc[nH]1)C(=O)NCC(=O)O. The minimum Gasteiger partial charge on any atom is -0.480 e. The zero-order chi connectivity index (χ0) is 24.4. The number of hydrogen-bond acceptors (Lipinski definition) is 6. The third kappa shape index (κ3) is 8.37. The van der Waals surface area contributed by atoms with Gasteiger partial charge in [0, 0.05) is 24.7 Å². The molecule has 0 aliphatic carbocycles. The summed E-state index contributed by atoms with van der Waals surface area (Å²) in [5, 5.41) is 16.4. The number of carboxylic acids is 1. The molecule has 0 saturated carbocycles. The molecule has 2 aromatic rings. The molecule has 0 saturated heterocycles.